The van der Waals surface area contributed by atoms with Crippen molar-refractivity contribution in [2.45, 2.75) is 25.8 Å². The van der Waals surface area contributed by atoms with Crippen LogP contribution in [0, 0.1) is 0 Å². The van der Waals surface area contributed by atoms with Gasteiger partial charge in [0.2, 0.25) is 11.8 Å². The number of amides is 2. The Labute approximate surface area is 89.1 Å². The Bertz CT molecular complexity index is 244. The van der Waals surface area contributed by atoms with E-state index < -0.39 is 0 Å². The number of carbonyl (C=O) groups excluding carboxylic acids is 2. The summed E-state index contributed by atoms with van der Waals surface area (Å²) in [4.78, 5) is 24.1. The first-order valence-electron chi connectivity index (χ1n) is 5.13. The van der Waals surface area contributed by atoms with Crippen molar-refractivity contribution in [3.63, 3.8) is 0 Å². The first-order valence-corrected chi connectivity index (χ1v) is 5.13. The highest BCUT2D eigenvalue weighted by Crippen LogP contribution is 2.07. The second-order valence-electron chi connectivity index (χ2n) is 3.78. The third-order valence-corrected chi connectivity index (χ3v) is 2.64. The lowest BCUT2D eigenvalue weighted by Crippen LogP contribution is -2.51. The van der Waals surface area contributed by atoms with Crippen molar-refractivity contribution >= 4 is 11.8 Å². The van der Waals surface area contributed by atoms with Crippen LogP contribution in [0.5, 0.6) is 0 Å². The SMILES string of the molecule is CC(CCC(=O)NN)N1CCNC(=O)C1. The maximum absolute atomic E-state index is 11.1. The van der Waals surface area contributed by atoms with E-state index in [4.69, 9.17) is 5.84 Å². The highest BCUT2D eigenvalue weighted by molar-refractivity contribution is 5.78. The number of hydrogen-bond acceptors (Lipinski definition) is 4. The van der Waals surface area contributed by atoms with Gasteiger partial charge in [-0.25, -0.2) is 5.84 Å². The fraction of sp³-hybridized carbons (Fsp3) is 0.778. The molecule has 0 spiro atoms. The Kier molecular flexibility index (Phi) is 4.51. The zero-order valence-corrected chi connectivity index (χ0v) is 8.95. The summed E-state index contributed by atoms with van der Waals surface area (Å²) in [5, 5.41) is 2.76. The van der Waals surface area contributed by atoms with Crippen molar-refractivity contribution in [2.24, 2.45) is 5.84 Å². The van der Waals surface area contributed by atoms with E-state index in [2.05, 4.69) is 15.6 Å². The molecule has 1 aliphatic heterocycles. The topological polar surface area (TPSA) is 87.5 Å². The average molecular weight is 214 g/mol. The molecule has 86 valence electrons. The van der Waals surface area contributed by atoms with Gasteiger partial charge in [-0.3, -0.25) is 19.9 Å². The van der Waals surface area contributed by atoms with Gasteiger partial charge in [-0.2, -0.15) is 0 Å². The van der Waals surface area contributed by atoms with E-state index in [0.29, 0.717) is 19.5 Å². The molecular formula is C9H18N4O2. The number of nitrogens with zero attached hydrogens (tertiary/aromatic N) is 1. The van der Waals surface area contributed by atoms with E-state index in [-0.39, 0.29) is 17.9 Å². The van der Waals surface area contributed by atoms with Crippen LogP contribution in [-0.2, 0) is 9.59 Å². The van der Waals surface area contributed by atoms with E-state index in [1.807, 2.05) is 6.92 Å². The smallest absolute Gasteiger partial charge is 0.234 e. The monoisotopic (exact) mass is 214 g/mol. The molecule has 1 atom stereocenters. The molecule has 15 heavy (non-hydrogen) atoms. The van der Waals surface area contributed by atoms with Crippen molar-refractivity contribution in [1.29, 1.82) is 0 Å². The molecule has 6 nitrogen and oxygen atoms in total. The minimum atomic E-state index is -0.164. The third kappa shape index (κ3) is 3.85. The highest BCUT2D eigenvalue weighted by Gasteiger charge is 2.21. The summed E-state index contributed by atoms with van der Waals surface area (Å²) in [5.74, 6) is 4.87. The maximum atomic E-state index is 11.1. The largest absolute Gasteiger partial charge is 0.354 e. The molecule has 6 heteroatoms. The molecule has 0 aromatic carbocycles. The summed E-state index contributed by atoms with van der Waals surface area (Å²) >= 11 is 0. The molecule has 4 N–H and O–H groups in total. The van der Waals surface area contributed by atoms with Crippen LogP contribution < -0.4 is 16.6 Å². The number of hydrazine groups is 1. The summed E-state index contributed by atoms with van der Waals surface area (Å²) in [6.45, 7) is 3.97. The van der Waals surface area contributed by atoms with Crippen LogP contribution in [-0.4, -0.2) is 42.4 Å². The minimum absolute atomic E-state index is 0.0522. The number of rotatable bonds is 4. The fourth-order valence-corrected chi connectivity index (χ4v) is 1.63. The van der Waals surface area contributed by atoms with Crippen molar-refractivity contribution < 1.29 is 9.59 Å². The molecule has 1 unspecified atom stereocenters. The van der Waals surface area contributed by atoms with E-state index in [0.717, 1.165) is 13.0 Å². The van der Waals surface area contributed by atoms with Gasteiger partial charge < -0.3 is 5.32 Å². The van der Waals surface area contributed by atoms with Crippen LogP contribution in [0.4, 0.5) is 0 Å². The highest BCUT2D eigenvalue weighted by atomic mass is 16.2. The van der Waals surface area contributed by atoms with Crippen LogP contribution in [0.25, 0.3) is 0 Å². The molecular weight excluding hydrogens is 196 g/mol. The Morgan fingerprint density at radius 3 is 3.07 bits per heavy atom. The number of nitrogens with one attached hydrogen (secondary N) is 2. The summed E-state index contributed by atoms with van der Waals surface area (Å²) in [6.07, 6.45) is 1.12. The molecule has 1 fully saturated rings. The molecule has 1 heterocycles. The first-order chi connectivity index (χ1) is 7.13. The van der Waals surface area contributed by atoms with Gasteiger partial charge in [0.05, 0.1) is 6.54 Å². The van der Waals surface area contributed by atoms with Gasteiger partial charge in [0.15, 0.2) is 0 Å². The van der Waals surface area contributed by atoms with Crippen LogP contribution in [0.1, 0.15) is 19.8 Å². The number of hydrogen-bond donors (Lipinski definition) is 3. The van der Waals surface area contributed by atoms with Crippen LogP contribution in [0.15, 0.2) is 0 Å². The number of carbonyl (C=O) groups is 2. The Morgan fingerprint density at radius 1 is 1.73 bits per heavy atom. The van der Waals surface area contributed by atoms with E-state index in [1.54, 1.807) is 0 Å². The lowest BCUT2D eigenvalue weighted by Gasteiger charge is -2.31. The molecule has 0 aromatic heterocycles. The van der Waals surface area contributed by atoms with E-state index in [9.17, 15) is 9.59 Å². The molecule has 1 aliphatic rings. The van der Waals surface area contributed by atoms with Gasteiger partial charge in [-0.1, -0.05) is 0 Å². The fourth-order valence-electron chi connectivity index (χ4n) is 1.63. The first kappa shape index (κ1) is 11.9. The van der Waals surface area contributed by atoms with Crippen molar-refractivity contribution in [2.75, 3.05) is 19.6 Å². The summed E-state index contributed by atoms with van der Waals surface area (Å²) in [6, 6.07) is 0.230. The van der Waals surface area contributed by atoms with Crippen LogP contribution in [0.3, 0.4) is 0 Å². The number of piperazine rings is 1. The Balaban J connectivity index is 2.29. The van der Waals surface area contributed by atoms with Gasteiger partial charge in [0.1, 0.15) is 0 Å². The molecule has 1 saturated heterocycles. The van der Waals surface area contributed by atoms with Crippen LogP contribution in [0.2, 0.25) is 0 Å². The minimum Gasteiger partial charge on any atom is -0.354 e. The molecule has 2 amide bonds. The standard InChI is InChI=1S/C9H18N4O2/c1-7(2-3-8(14)12-10)13-5-4-11-9(15)6-13/h7H,2-6,10H2,1H3,(H,11,15)(H,12,14). The van der Waals surface area contributed by atoms with Crippen molar-refractivity contribution in [3.8, 4) is 0 Å². The Hall–Kier alpha value is -1.14. The molecule has 0 radical (unpaired) electrons. The lowest BCUT2D eigenvalue weighted by atomic mass is 10.1. The average Bonchev–Trinajstić information content (AvgIpc) is 2.25. The molecule has 0 aliphatic carbocycles. The maximum Gasteiger partial charge on any atom is 0.234 e. The van der Waals surface area contributed by atoms with Gasteiger partial charge >= 0.3 is 0 Å². The zero-order chi connectivity index (χ0) is 11.3. The van der Waals surface area contributed by atoms with E-state index >= 15 is 0 Å². The summed E-state index contributed by atoms with van der Waals surface area (Å²) in [5.41, 5.74) is 2.10. The van der Waals surface area contributed by atoms with E-state index in [1.165, 1.54) is 0 Å². The molecule has 0 aromatic rings. The second-order valence-corrected chi connectivity index (χ2v) is 3.78. The van der Waals surface area contributed by atoms with Crippen molar-refractivity contribution in [1.82, 2.24) is 15.6 Å². The van der Waals surface area contributed by atoms with Gasteiger partial charge in [0.25, 0.3) is 0 Å². The quantitative estimate of drug-likeness (QED) is 0.304. The van der Waals surface area contributed by atoms with Gasteiger partial charge in [-0.05, 0) is 13.3 Å². The van der Waals surface area contributed by atoms with Gasteiger partial charge in [0, 0.05) is 25.6 Å². The summed E-state index contributed by atoms with van der Waals surface area (Å²) in [7, 11) is 0. The predicted octanol–water partition coefficient (Wildman–Crippen LogP) is -1.42. The molecule has 1 rings (SSSR count). The normalized spacial score (nSPS) is 19.5. The third-order valence-electron chi connectivity index (χ3n) is 2.64. The Morgan fingerprint density at radius 2 is 2.47 bits per heavy atom. The van der Waals surface area contributed by atoms with Crippen LogP contribution >= 0.6 is 0 Å². The number of nitrogens with two attached hydrogens (primary N) is 1. The molecule has 0 saturated carbocycles. The molecule has 0 bridgehead atoms. The van der Waals surface area contributed by atoms with Crippen molar-refractivity contribution in [3.05, 3.63) is 0 Å². The zero-order valence-electron chi connectivity index (χ0n) is 8.95. The second kappa shape index (κ2) is 5.67. The van der Waals surface area contributed by atoms with Gasteiger partial charge in [-0.15, -0.1) is 0 Å². The predicted molar refractivity (Wildman–Crippen MR) is 55.6 cm³/mol. The summed E-state index contributed by atoms with van der Waals surface area (Å²) < 4.78 is 0. The lowest BCUT2D eigenvalue weighted by molar-refractivity contribution is -0.124.